The molecular weight excluding hydrogens is 324 g/mol. The van der Waals surface area contributed by atoms with Crippen molar-refractivity contribution in [2.24, 2.45) is 5.92 Å². The van der Waals surface area contributed by atoms with Crippen LogP contribution in [0.15, 0.2) is 48.5 Å². The quantitative estimate of drug-likeness (QED) is 0.871. The topological polar surface area (TPSA) is 88.7 Å². The van der Waals surface area contributed by atoms with Gasteiger partial charge in [0.1, 0.15) is 6.04 Å². The number of nitriles is 2. The molecule has 1 heterocycles. The number of nitrogens with zero attached hydrogens (tertiary/aromatic N) is 2. The summed E-state index contributed by atoms with van der Waals surface area (Å²) in [4.78, 5) is 12.2. The van der Waals surface area contributed by atoms with E-state index in [1.165, 1.54) is 0 Å². The van der Waals surface area contributed by atoms with E-state index in [0.717, 1.165) is 16.7 Å². The van der Waals surface area contributed by atoms with Crippen molar-refractivity contribution in [3.8, 4) is 23.3 Å². The summed E-state index contributed by atoms with van der Waals surface area (Å²) in [6.07, 6.45) is 0.477. The van der Waals surface area contributed by atoms with E-state index in [1.54, 1.807) is 12.1 Å². The normalized spacial score (nSPS) is 19.5. The van der Waals surface area contributed by atoms with Crippen LogP contribution >= 0.6 is 0 Å². The molecule has 5 heteroatoms. The summed E-state index contributed by atoms with van der Waals surface area (Å²) in [5.74, 6) is -0.110. The lowest BCUT2D eigenvalue weighted by atomic mass is 9.92. The Balaban J connectivity index is 1.63. The van der Waals surface area contributed by atoms with Gasteiger partial charge < -0.3 is 10.6 Å². The van der Waals surface area contributed by atoms with Gasteiger partial charge in [-0.1, -0.05) is 36.4 Å². The predicted molar refractivity (Wildman–Crippen MR) is 98.8 cm³/mol. The zero-order valence-electron chi connectivity index (χ0n) is 14.6. The van der Waals surface area contributed by atoms with Crippen molar-refractivity contribution in [3.05, 3.63) is 59.7 Å². The van der Waals surface area contributed by atoms with Gasteiger partial charge in [-0.25, -0.2) is 0 Å². The molecule has 1 aliphatic rings. The number of hydrogen-bond acceptors (Lipinski definition) is 4. The first kappa shape index (κ1) is 17.7. The zero-order valence-corrected chi connectivity index (χ0v) is 14.6. The number of amides is 1. The molecule has 2 aromatic rings. The van der Waals surface area contributed by atoms with Gasteiger partial charge in [0, 0.05) is 19.0 Å². The number of benzene rings is 2. The Morgan fingerprint density at radius 3 is 2.23 bits per heavy atom. The lowest BCUT2D eigenvalue weighted by molar-refractivity contribution is -0.128. The van der Waals surface area contributed by atoms with Gasteiger partial charge >= 0.3 is 0 Å². The lowest BCUT2D eigenvalue weighted by Gasteiger charge is -2.34. The number of rotatable bonds is 5. The monoisotopic (exact) mass is 344 g/mol. The van der Waals surface area contributed by atoms with Crippen LogP contribution in [-0.2, 0) is 11.2 Å². The Morgan fingerprint density at radius 1 is 1.15 bits per heavy atom. The fourth-order valence-corrected chi connectivity index (χ4v) is 3.01. The Bertz CT molecular complexity index is 859. The molecule has 0 bridgehead atoms. The van der Waals surface area contributed by atoms with E-state index in [2.05, 4.69) is 22.8 Å². The molecule has 3 rings (SSSR count). The number of carbonyl (C=O) groups excluding carboxylic acids is 1. The van der Waals surface area contributed by atoms with Gasteiger partial charge in [0.2, 0.25) is 5.91 Å². The van der Waals surface area contributed by atoms with E-state index in [-0.39, 0.29) is 17.9 Å². The van der Waals surface area contributed by atoms with Crippen LogP contribution in [0.2, 0.25) is 0 Å². The van der Waals surface area contributed by atoms with E-state index in [4.69, 9.17) is 5.26 Å². The zero-order chi connectivity index (χ0) is 18.5. The minimum atomic E-state index is -0.531. The molecule has 26 heavy (non-hydrogen) atoms. The van der Waals surface area contributed by atoms with Crippen LogP contribution < -0.4 is 10.6 Å². The van der Waals surface area contributed by atoms with Crippen LogP contribution in [0.1, 0.15) is 18.1 Å². The van der Waals surface area contributed by atoms with Crippen molar-refractivity contribution in [2.75, 3.05) is 6.54 Å². The second kappa shape index (κ2) is 7.82. The second-order valence-corrected chi connectivity index (χ2v) is 6.58. The van der Waals surface area contributed by atoms with Gasteiger partial charge in [0.25, 0.3) is 0 Å². The summed E-state index contributed by atoms with van der Waals surface area (Å²) < 4.78 is 0. The minimum absolute atomic E-state index is 0.0513. The molecule has 2 aromatic carbocycles. The third-order valence-electron chi connectivity index (χ3n) is 4.81. The van der Waals surface area contributed by atoms with E-state index >= 15 is 0 Å². The number of nitrogens with one attached hydrogen (secondary N) is 2. The Kier molecular flexibility index (Phi) is 5.31. The summed E-state index contributed by atoms with van der Waals surface area (Å²) >= 11 is 0. The summed E-state index contributed by atoms with van der Waals surface area (Å²) in [5.41, 5.74) is 3.71. The molecule has 3 atom stereocenters. The number of hydrogen-bond donors (Lipinski definition) is 2. The highest BCUT2D eigenvalue weighted by molar-refractivity contribution is 5.81. The molecule has 2 unspecified atom stereocenters. The summed E-state index contributed by atoms with van der Waals surface area (Å²) in [5, 5.41) is 24.2. The molecule has 1 amide bonds. The molecule has 5 nitrogen and oxygen atoms in total. The summed E-state index contributed by atoms with van der Waals surface area (Å²) in [6, 6.07) is 19.3. The first-order valence-electron chi connectivity index (χ1n) is 8.63. The molecule has 0 aliphatic carbocycles. The van der Waals surface area contributed by atoms with Crippen molar-refractivity contribution < 1.29 is 4.79 Å². The van der Waals surface area contributed by atoms with E-state index in [0.29, 0.717) is 18.5 Å². The van der Waals surface area contributed by atoms with E-state index < -0.39 is 6.04 Å². The first-order chi connectivity index (χ1) is 12.6. The average Bonchev–Trinajstić information content (AvgIpc) is 2.66. The third-order valence-corrected chi connectivity index (χ3v) is 4.81. The lowest BCUT2D eigenvalue weighted by Crippen LogP contribution is -2.58. The van der Waals surface area contributed by atoms with Crippen LogP contribution in [0.3, 0.4) is 0 Å². The maximum Gasteiger partial charge on any atom is 0.227 e. The summed E-state index contributed by atoms with van der Waals surface area (Å²) in [6.45, 7) is 2.64. The van der Waals surface area contributed by atoms with Gasteiger partial charge in [-0.2, -0.15) is 10.5 Å². The average molecular weight is 344 g/mol. The van der Waals surface area contributed by atoms with Gasteiger partial charge in [0.05, 0.1) is 23.6 Å². The molecule has 1 fully saturated rings. The Labute approximate surface area is 153 Å². The van der Waals surface area contributed by atoms with Crippen molar-refractivity contribution in [1.29, 1.82) is 10.5 Å². The molecule has 0 saturated carbocycles. The van der Waals surface area contributed by atoms with Crippen LogP contribution in [0.25, 0.3) is 11.1 Å². The van der Waals surface area contributed by atoms with Crippen LogP contribution in [0.5, 0.6) is 0 Å². The molecule has 1 aliphatic heterocycles. The maximum atomic E-state index is 12.2. The fourth-order valence-electron chi connectivity index (χ4n) is 3.01. The largest absolute Gasteiger partial charge is 0.340 e. The minimum Gasteiger partial charge on any atom is -0.340 e. The van der Waals surface area contributed by atoms with Gasteiger partial charge in [-0.05, 0) is 35.7 Å². The van der Waals surface area contributed by atoms with Crippen molar-refractivity contribution >= 4 is 5.91 Å². The van der Waals surface area contributed by atoms with Gasteiger partial charge in [-0.15, -0.1) is 0 Å². The predicted octanol–water partition coefficient (Wildman–Crippen LogP) is 2.38. The standard InChI is InChI=1S/C21H20N4O/c1-14-20(13-24-14)21(26)25-19(12-23)10-15-2-6-17(7-3-15)18-8-4-16(11-22)5-9-18/h2-9,14,19-20,24H,10,13H2,1H3,(H,25,26)/t14?,19-,20?/m0/s1. The van der Waals surface area contributed by atoms with Crippen LogP contribution in [-0.4, -0.2) is 24.5 Å². The number of carbonyl (C=O) groups is 1. The molecule has 2 N–H and O–H groups in total. The third kappa shape index (κ3) is 3.91. The first-order valence-corrected chi connectivity index (χ1v) is 8.63. The second-order valence-electron chi connectivity index (χ2n) is 6.58. The smallest absolute Gasteiger partial charge is 0.227 e. The fraction of sp³-hybridized carbons (Fsp3) is 0.286. The SMILES string of the molecule is CC1NCC1C(=O)N[C@H](C#N)Cc1ccc(-c2ccc(C#N)cc2)cc1. The molecule has 1 saturated heterocycles. The van der Waals surface area contributed by atoms with E-state index in [1.807, 2.05) is 43.3 Å². The highest BCUT2D eigenvalue weighted by Gasteiger charge is 2.33. The Hall–Kier alpha value is -3.15. The molecule has 0 aromatic heterocycles. The highest BCUT2D eigenvalue weighted by Crippen LogP contribution is 2.21. The highest BCUT2D eigenvalue weighted by atomic mass is 16.2. The van der Waals surface area contributed by atoms with Crippen LogP contribution in [0.4, 0.5) is 0 Å². The van der Waals surface area contributed by atoms with Crippen molar-refractivity contribution in [3.63, 3.8) is 0 Å². The molecule has 130 valence electrons. The molecule has 0 spiro atoms. The maximum absolute atomic E-state index is 12.2. The van der Waals surface area contributed by atoms with Gasteiger partial charge in [-0.3, -0.25) is 4.79 Å². The van der Waals surface area contributed by atoms with Crippen LogP contribution in [0, 0.1) is 28.6 Å². The molecule has 0 radical (unpaired) electrons. The van der Waals surface area contributed by atoms with Crippen molar-refractivity contribution in [1.82, 2.24) is 10.6 Å². The summed E-state index contributed by atoms with van der Waals surface area (Å²) in [7, 11) is 0. The Morgan fingerprint density at radius 2 is 1.77 bits per heavy atom. The van der Waals surface area contributed by atoms with Gasteiger partial charge in [0.15, 0.2) is 0 Å². The van der Waals surface area contributed by atoms with Crippen molar-refractivity contribution in [2.45, 2.75) is 25.4 Å². The molecular formula is C21H20N4O. The van der Waals surface area contributed by atoms with E-state index in [9.17, 15) is 10.1 Å².